The van der Waals surface area contributed by atoms with Crippen LogP contribution < -0.4 is 0 Å². The topological polar surface area (TPSA) is 37.3 Å². The van der Waals surface area contributed by atoms with E-state index in [0.717, 1.165) is 18.2 Å². The number of benzene rings is 2. The number of carboxylic acid groups (broad SMARTS) is 1. The van der Waals surface area contributed by atoms with E-state index in [2.05, 4.69) is 0 Å². The molecule has 2 rings (SSSR count). The van der Waals surface area contributed by atoms with Crippen molar-refractivity contribution < 1.29 is 27.5 Å². The quantitative estimate of drug-likeness (QED) is 0.839. The summed E-state index contributed by atoms with van der Waals surface area (Å²) in [6.07, 6.45) is -4.86. The predicted molar refractivity (Wildman–Crippen MR) is 63.8 cm³/mol. The zero-order valence-electron chi connectivity index (χ0n) is 9.91. The van der Waals surface area contributed by atoms with Crippen LogP contribution in [0, 0.1) is 5.82 Å². The molecule has 20 heavy (non-hydrogen) atoms. The highest BCUT2D eigenvalue weighted by atomic mass is 19.4. The van der Waals surface area contributed by atoms with Crippen LogP contribution in [0.5, 0.6) is 0 Å². The van der Waals surface area contributed by atoms with E-state index in [4.69, 9.17) is 5.11 Å². The third kappa shape index (κ3) is 2.64. The molecule has 0 aliphatic rings. The van der Waals surface area contributed by atoms with Crippen molar-refractivity contribution in [1.82, 2.24) is 0 Å². The molecule has 1 N–H and O–H groups in total. The molecule has 0 radical (unpaired) electrons. The van der Waals surface area contributed by atoms with Gasteiger partial charge in [-0.25, -0.2) is 9.18 Å². The minimum Gasteiger partial charge on any atom is -0.478 e. The van der Waals surface area contributed by atoms with Crippen molar-refractivity contribution in [2.24, 2.45) is 0 Å². The second-order valence-electron chi connectivity index (χ2n) is 4.05. The lowest BCUT2D eigenvalue weighted by atomic mass is 9.97. The van der Waals surface area contributed by atoms with Crippen LogP contribution in [0.3, 0.4) is 0 Å². The van der Waals surface area contributed by atoms with E-state index in [-0.39, 0.29) is 16.7 Å². The summed E-state index contributed by atoms with van der Waals surface area (Å²) >= 11 is 0. The van der Waals surface area contributed by atoms with Gasteiger partial charge in [0.05, 0.1) is 11.1 Å². The highest BCUT2D eigenvalue weighted by Gasteiger charge is 2.37. The average Bonchev–Trinajstić information content (AvgIpc) is 2.37. The third-order valence-corrected chi connectivity index (χ3v) is 2.72. The van der Waals surface area contributed by atoms with Crippen LogP contribution in [-0.4, -0.2) is 11.1 Å². The Morgan fingerprint density at radius 3 is 2.30 bits per heavy atom. The van der Waals surface area contributed by atoms with Gasteiger partial charge in [0.1, 0.15) is 5.82 Å². The summed E-state index contributed by atoms with van der Waals surface area (Å²) in [7, 11) is 0. The van der Waals surface area contributed by atoms with Crippen molar-refractivity contribution >= 4 is 5.97 Å². The van der Waals surface area contributed by atoms with Crippen LogP contribution in [0.15, 0.2) is 42.5 Å². The van der Waals surface area contributed by atoms with Crippen molar-refractivity contribution in [3.8, 4) is 11.1 Å². The predicted octanol–water partition coefficient (Wildman–Crippen LogP) is 4.21. The van der Waals surface area contributed by atoms with E-state index < -0.39 is 23.5 Å². The molecule has 0 unspecified atom stereocenters. The molecule has 0 saturated carbocycles. The first-order valence-corrected chi connectivity index (χ1v) is 5.50. The van der Waals surface area contributed by atoms with Gasteiger partial charge < -0.3 is 5.11 Å². The number of rotatable bonds is 2. The lowest BCUT2D eigenvalue weighted by molar-refractivity contribution is -0.139. The van der Waals surface area contributed by atoms with Gasteiger partial charge in [0.2, 0.25) is 0 Å². The number of hydrogen-bond donors (Lipinski definition) is 1. The van der Waals surface area contributed by atoms with Gasteiger partial charge >= 0.3 is 12.1 Å². The minimum atomic E-state index is -4.86. The molecule has 0 aliphatic heterocycles. The molecule has 2 aromatic rings. The smallest absolute Gasteiger partial charge is 0.419 e. The molecule has 0 bridgehead atoms. The van der Waals surface area contributed by atoms with Crippen LogP contribution >= 0.6 is 0 Å². The fraction of sp³-hybridized carbons (Fsp3) is 0.0714. The van der Waals surface area contributed by atoms with E-state index in [9.17, 15) is 22.4 Å². The Morgan fingerprint density at radius 2 is 1.70 bits per heavy atom. The molecule has 0 fully saturated rings. The number of aromatic carboxylic acids is 1. The summed E-state index contributed by atoms with van der Waals surface area (Å²) in [6.45, 7) is 0. The van der Waals surface area contributed by atoms with Crippen molar-refractivity contribution in [1.29, 1.82) is 0 Å². The van der Waals surface area contributed by atoms with E-state index >= 15 is 0 Å². The Hall–Kier alpha value is -2.37. The molecule has 2 aromatic carbocycles. The molecule has 0 heterocycles. The van der Waals surface area contributed by atoms with Crippen molar-refractivity contribution in [3.63, 3.8) is 0 Å². The Balaban J connectivity index is 2.67. The Bertz CT molecular complexity index is 662. The third-order valence-electron chi connectivity index (χ3n) is 2.72. The molecular weight excluding hydrogens is 276 g/mol. The van der Waals surface area contributed by atoms with Gasteiger partial charge in [-0.3, -0.25) is 0 Å². The molecule has 0 saturated heterocycles. The molecule has 0 aliphatic carbocycles. The number of halogens is 4. The maximum absolute atomic E-state index is 13.5. The van der Waals surface area contributed by atoms with Crippen LogP contribution in [-0.2, 0) is 6.18 Å². The largest absolute Gasteiger partial charge is 0.478 e. The van der Waals surface area contributed by atoms with Gasteiger partial charge in [0.25, 0.3) is 0 Å². The number of hydrogen-bond acceptors (Lipinski definition) is 1. The van der Waals surface area contributed by atoms with Crippen LogP contribution in [0.25, 0.3) is 11.1 Å². The summed E-state index contributed by atoms with van der Waals surface area (Å²) in [5.74, 6) is -2.66. The monoisotopic (exact) mass is 284 g/mol. The molecule has 0 aromatic heterocycles. The SMILES string of the molecule is O=C(O)c1cccc(-c2cccc(F)c2C(F)(F)F)c1. The van der Waals surface area contributed by atoms with Crippen LogP contribution in [0.2, 0.25) is 0 Å². The maximum atomic E-state index is 13.5. The number of carbonyl (C=O) groups is 1. The van der Waals surface area contributed by atoms with Gasteiger partial charge in [0, 0.05) is 0 Å². The summed E-state index contributed by atoms with van der Waals surface area (Å²) < 4.78 is 52.1. The molecule has 0 spiro atoms. The van der Waals surface area contributed by atoms with Gasteiger partial charge in [-0.2, -0.15) is 13.2 Å². The van der Waals surface area contributed by atoms with E-state index in [1.165, 1.54) is 18.2 Å². The zero-order valence-corrected chi connectivity index (χ0v) is 9.91. The Labute approximate surface area is 111 Å². The first kappa shape index (κ1) is 14.0. The highest BCUT2D eigenvalue weighted by Crippen LogP contribution is 2.38. The fourth-order valence-electron chi connectivity index (χ4n) is 1.87. The normalized spacial score (nSPS) is 11.4. The zero-order chi connectivity index (χ0) is 14.9. The van der Waals surface area contributed by atoms with Crippen LogP contribution in [0.4, 0.5) is 17.6 Å². The van der Waals surface area contributed by atoms with E-state index in [1.807, 2.05) is 0 Å². The van der Waals surface area contributed by atoms with Gasteiger partial charge in [0.15, 0.2) is 0 Å². The highest BCUT2D eigenvalue weighted by molar-refractivity contribution is 5.89. The summed E-state index contributed by atoms with van der Waals surface area (Å²) in [4.78, 5) is 10.8. The molecule has 104 valence electrons. The van der Waals surface area contributed by atoms with E-state index in [1.54, 1.807) is 0 Å². The van der Waals surface area contributed by atoms with Gasteiger partial charge in [-0.15, -0.1) is 0 Å². The molecule has 2 nitrogen and oxygen atoms in total. The maximum Gasteiger partial charge on any atom is 0.419 e. The number of alkyl halides is 3. The molecular formula is C14H8F4O2. The first-order valence-electron chi connectivity index (χ1n) is 5.50. The second kappa shape index (κ2) is 4.96. The van der Waals surface area contributed by atoms with Gasteiger partial charge in [-0.05, 0) is 29.3 Å². The van der Waals surface area contributed by atoms with E-state index in [0.29, 0.717) is 6.07 Å². The number of carboxylic acids is 1. The Kier molecular flexibility index (Phi) is 3.48. The van der Waals surface area contributed by atoms with Crippen molar-refractivity contribution in [2.45, 2.75) is 6.18 Å². The standard InChI is InChI=1S/C14H8F4O2/c15-11-6-2-5-10(12(11)14(16,17)18)8-3-1-4-9(7-8)13(19)20/h1-7H,(H,19,20). The summed E-state index contributed by atoms with van der Waals surface area (Å²) in [5, 5.41) is 8.84. The van der Waals surface area contributed by atoms with Crippen LogP contribution in [0.1, 0.15) is 15.9 Å². The first-order chi connectivity index (χ1) is 9.30. The summed E-state index contributed by atoms with van der Waals surface area (Å²) in [6, 6.07) is 7.90. The average molecular weight is 284 g/mol. The molecule has 0 atom stereocenters. The van der Waals surface area contributed by atoms with Crippen molar-refractivity contribution in [2.75, 3.05) is 0 Å². The Morgan fingerprint density at radius 1 is 1.05 bits per heavy atom. The van der Waals surface area contributed by atoms with Gasteiger partial charge in [-0.1, -0.05) is 24.3 Å². The lowest BCUT2D eigenvalue weighted by Gasteiger charge is -2.14. The minimum absolute atomic E-state index is 0.00303. The molecule has 6 heteroatoms. The molecule has 0 amide bonds. The lowest BCUT2D eigenvalue weighted by Crippen LogP contribution is -2.10. The van der Waals surface area contributed by atoms with Crippen molar-refractivity contribution in [3.05, 3.63) is 59.4 Å². The second-order valence-corrected chi connectivity index (χ2v) is 4.05. The fourth-order valence-corrected chi connectivity index (χ4v) is 1.87. The summed E-state index contributed by atoms with van der Waals surface area (Å²) in [5.41, 5.74) is -1.96.